The van der Waals surface area contributed by atoms with Crippen molar-refractivity contribution in [2.75, 3.05) is 20.0 Å². The lowest BCUT2D eigenvalue weighted by atomic mass is 10.2. The summed E-state index contributed by atoms with van der Waals surface area (Å²) in [5.74, 6) is 0.243. The van der Waals surface area contributed by atoms with E-state index in [9.17, 15) is 4.79 Å². The highest BCUT2D eigenvalue weighted by Crippen LogP contribution is 2.26. The molecular weight excluding hydrogens is 296 g/mol. The Morgan fingerprint density at radius 3 is 2.95 bits per heavy atom. The van der Waals surface area contributed by atoms with Crippen molar-refractivity contribution in [1.29, 1.82) is 0 Å². The van der Waals surface area contributed by atoms with Gasteiger partial charge in [-0.3, -0.25) is 9.89 Å². The lowest BCUT2D eigenvalue weighted by Gasteiger charge is -2.05. The highest BCUT2D eigenvalue weighted by atomic mass is 32.2. The first-order valence-electron chi connectivity index (χ1n) is 5.95. The van der Waals surface area contributed by atoms with Crippen LogP contribution in [0.5, 0.6) is 5.75 Å². The normalized spacial score (nSPS) is 10.6. The third-order valence-corrected chi connectivity index (χ3v) is 3.37. The van der Waals surface area contributed by atoms with Crippen LogP contribution < -0.4 is 10.2 Å². The van der Waals surface area contributed by atoms with E-state index < -0.39 is 5.97 Å². The maximum Gasteiger partial charge on any atom is 0.313 e. The molecule has 0 aliphatic heterocycles. The van der Waals surface area contributed by atoms with E-state index in [1.165, 1.54) is 0 Å². The van der Waals surface area contributed by atoms with E-state index in [-0.39, 0.29) is 5.75 Å². The number of nitrogens with one attached hydrogen (secondary N) is 1. The van der Waals surface area contributed by atoms with Crippen LogP contribution in [0.4, 0.5) is 5.69 Å². The van der Waals surface area contributed by atoms with E-state index in [2.05, 4.69) is 15.2 Å². The Morgan fingerprint density at radius 2 is 2.29 bits per heavy atom. The maximum atomic E-state index is 10.5. The molecule has 8 nitrogen and oxygen atoms in total. The van der Waals surface area contributed by atoms with E-state index in [4.69, 9.17) is 14.7 Å². The minimum Gasteiger partial charge on any atom is -0.491 e. The first kappa shape index (κ1) is 15.3. The third-order valence-electron chi connectivity index (χ3n) is 2.54. The van der Waals surface area contributed by atoms with Gasteiger partial charge in [0.2, 0.25) is 10.8 Å². The van der Waals surface area contributed by atoms with Crippen molar-refractivity contribution in [1.82, 2.24) is 15.2 Å². The molecule has 0 atom stereocenters. The Hall–Kier alpha value is -2.10. The molecule has 0 radical (unpaired) electrons. The lowest BCUT2D eigenvalue weighted by molar-refractivity contribution is -0.830. The third kappa shape index (κ3) is 3.94. The van der Waals surface area contributed by atoms with Crippen molar-refractivity contribution >= 4 is 23.4 Å². The maximum absolute atomic E-state index is 10.5. The molecule has 0 aliphatic carbocycles. The molecule has 4 N–H and O–H groups in total. The van der Waals surface area contributed by atoms with Gasteiger partial charge >= 0.3 is 5.97 Å². The van der Waals surface area contributed by atoms with E-state index in [0.717, 1.165) is 23.0 Å². The van der Waals surface area contributed by atoms with Crippen molar-refractivity contribution in [2.45, 2.75) is 5.16 Å². The van der Waals surface area contributed by atoms with Crippen LogP contribution in [0, 0.1) is 0 Å². The van der Waals surface area contributed by atoms with Crippen molar-refractivity contribution in [3.8, 4) is 17.1 Å². The molecule has 2 rings (SSSR count). The minimum atomic E-state index is -0.909. The zero-order valence-electron chi connectivity index (χ0n) is 11.5. The van der Waals surface area contributed by atoms with Crippen molar-refractivity contribution in [3.05, 3.63) is 18.2 Å². The van der Waals surface area contributed by atoms with Gasteiger partial charge in [-0.05, 0) is 12.1 Å². The summed E-state index contributed by atoms with van der Waals surface area (Å²) in [5.41, 5.74) is 3.14. The molecule has 0 bridgehead atoms. The number of aromatic amines is 1. The number of quaternary nitrogens is 1. The number of methoxy groups -OCH3 is 1. The molecule has 0 amide bonds. The molecule has 0 saturated heterocycles. The second kappa shape index (κ2) is 7.07. The molecule has 9 heteroatoms. The Bertz CT molecular complexity index is 631. The molecule has 0 saturated carbocycles. The van der Waals surface area contributed by atoms with Gasteiger partial charge in [0.1, 0.15) is 0 Å². The van der Waals surface area contributed by atoms with Crippen LogP contribution in [0.25, 0.3) is 11.4 Å². The van der Waals surface area contributed by atoms with Gasteiger partial charge in [-0.25, -0.2) is 9.82 Å². The second-order valence-corrected chi connectivity index (χ2v) is 4.90. The molecular formula is C12H15N4O4S+. The molecule has 1 aromatic carbocycles. The Labute approximate surface area is 124 Å². The van der Waals surface area contributed by atoms with Crippen LogP contribution in [0.2, 0.25) is 0 Å². The number of aromatic nitrogens is 3. The monoisotopic (exact) mass is 311 g/mol. The summed E-state index contributed by atoms with van der Waals surface area (Å²) >= 11 is 1.06. The molecule has 0 spiro atoms. The number of ether oxygens (including phenoxy) is 1. The van der Waals surface area contributed by atoms with Crippen LogP contribution in [-0.4, -0.2) is 46.2 Å². The average Bonchev–Trinajstić information content (AvgIpc) is 2.94. The summed E-state index contributed by atoms with van der Waals surface area (Å²) in [5, 5.41) is 15.8. The SMILES string of the molecule is CO[NH2+]c1cc(-c2nc(SCC(=O)O)n[nH]2)ccc1OC. The van der Waals surface area contributed by atoms with Crippen molar-refractivity contribution in [2.24, 2.45) is 0 Å². The van der Waals surface area contributed by atoms with E-state index in [0.29, 0.717) is 16.7 Å². The fourth-order valence-corrected chi connectivity index (χ4v) is 2.19. The molecule has 0 fully saturated rings. The van der Waals surface area contributed by atoms with Crippen LogP contribution >= 0.6 is 11.8 Å². The molecule has 21 heavy (non-hydrogen) atoms. The number of hydrogen-bond acceptors (Lipinski definition) is 6. The second-order valence-electron chi connectivity index (χ2n) is 3.96. The standard InChI is InChI=1S/C12H14N4O4S/c1-19-9-4-3-7(5-8(9)16-20-2)11-13-12(15-14-11)21-6-10(17)18/h3-5,16H,6H2,1-2H3,(H,17,18)(H,13,14,15)/p+1. The fourth-order valence-electron chi connectivity index (χ4n) is 1.67. The summed E-state index contributed by atoms with van der Waals surface area (Å²) in [6, 6.07) is 5.47. The average molecular weight is 311 g/mol. The van der Waals surface area contributed by atoms with Gasteiger partial charge in [0.25, 0.3) is 0 Å². The quantitative estimate of drug-likeness (QED) is 0.385. The number of rotatable bonds is 7. The molecule has 2 aromatic rings. The van der Waals surface area contributed by atoms with E-state index in [1.54, 1.807) is 25.8 Å². The number of H-pyrrole nitrogens is 1. The van der Waals surface area contributed by atoms with Gasteiger partial charge in [0, 0.05) is 11.6 Å². The Balaban J connectivity index is 2.21. The number of nitrogens with zero attached hydrogens (tertiary/aromatic N) is 2. The number of hydrogen-bond donors (Lipinski definition) is 3. The summed E-state index contributed by atoms with van der Waals surface area (Å²) in [6.45, 7) is 0. The van der Waals surface area contributed by atoms with Gasteiger partial charge in [0.05, 0.1) is 20.0 Å². The zero-order valence-corrected chi connectivity index (χ0v) is 12.3. The fraction of sp³-hybridized carbons (Fsp3) is 0.250. The highest BCUT2D eigenvalue weighted by Gasteiger charge is 2.13. The smallest absolute Gasteiger partial charge is 0.313 e. The van der Waals surface area contributed by atoms with Gasteiger partial charge < -0.3 is 9.84 Å². The molecule has 1 aromatic heterocycles. The number of thioether (sulfide) groups is 1. The number of carboxylic acids is 1. The number of aliphatic carboxylic acids is 1. The van der Waals surface area contributed by atoms with Crippen LogP contribution in [0.3, 0.4) is 0 Å². The van der Waals surface area contributed by atoms with Gasteiger partial charge in [-0.1, -0.05) is 11.8 Å². The van der Waals surface area contributed by atoms with Crippen LogP contribution in [-0.2, 0) is 9.63 Å². The Morgan fingerprint density at radius 1 is 1.48 bits per heavy atom. The van der Waals surface area contributed by atoms with Crippen molar-refractivity contribution in [3.63, 3.8) is 0 Å². The van der Waals surface area contributed by atoms with Crippen molar-refractivity contribution < 1.29 is 25.0 Å². The number of benzene rings is 1. The summed E-state index contributed by atoms with van der Waals surface area (Å²) < 4.78 is 5.23. The first-order chi connectivity index (χ1) is 10.1. The summed E-state index contributed by atoms with van der Waals surface area (Å²) in [7, 11) is 3.14. The van der Waals surface area contributed by atoms with Crippen LogP contribution in [0.1, 0.15) is 0 Å². The van der Waals surface area contributed by atoms with Gasteiger partial charge in [-0.15, -0.1) is 5.10 Å². The number of carboxylic acid groups (broad SMARTS) is 1. The number of nitrogens with two attached hydrogens (primary N) is 1. The van der Waals surface area contributed by atoms with Gasteiger partial charge in [0.15, 0.2) is 11.6 Å². The molecule has 0 aliphatic rings. The van der Waals surface area contributed by atoms with Crippen LogP contribution in [0.15, 0.2) is 23.4 Å². The van der Waals surface area contributed by atoms with Gasteiger partial charge in [-0.2, -0.15) is 5.48 Å². The lowest BCUT2D eigenvalue weighted by Crippen LogP contribution is -2.76. The molecule has 0 unspecified atom stereocenters. The predicted octanol–water partition coefficient (Wildman–Crippen LogP) is 0.413. The predicted molar refractivity (Wildman–Crippen MR) is 75.3 cm³/mol. The zero-order chi connectivity index (χ0) is 15.2. The minimum absolute atomic E-state index is 0.0807. The first-order valence-corrected chi connectivity index (χ1v) is 6.94. The molecule has 112 valence electrons. The topological polar surface area (TPSA) is 114 Å². The Kier molecular flexibility index (Phi) is 5.14. The summed E-state index contributed by atoms with van der Waals surface area (Å²) in [6.07, 6.45) is 0. The largest absolute Gasteiger partial charge is 0.491 e. The number of carbonyl (C=O) groups is 1. The highest BCUT2D eigenvalue weighted by molar-refractivity contribution is 7.99. The van der Waals surface area contributed by atoms with E-state index in [1.807, 2.05) is 12.1 Å². The van der Waals surface area contributed by atoms with E-state index >= 15 is 0 Å². The summed E-state index contributed by atoms with van der Waals surface area (Å²) in [4.78, 5) is 19.8. The molecule has 1 heterocycles.